The van der Waals surface area contributed by atoms with Crippen LogP contribution in [0.4, 0.5) is 4.79 Å². The topological polar surface area (TPSA) is 61.8 Å². The molecule has 1 aliphatic rings. The average molecular weight is 383 g/mol. The average Bonchev–Trinajstić information content (AvgIpc) is 2.74. The van der Waals surface area contributed by atoms with Crippen molar-refractivity contribution in [1.82, 2.24) is 10.2 Å². The second-order valence-corrected chi connectivity index (χ2v) is 7.53. The summed E-state index contributed by atoms with van der Waals surface area (Å²) in [5.41, 5.74) is 2.34. The van der Waals surface area contributed by atoms with E-state index in [1.807, 2.05) is 30.3 Å². The second kappa shape index (κ2) is 10.8. The van der Waals surface area contributed by atoms with Gasteiger partial charge in [0.2, 0.25) is 0 Å². The molecule has 1 fully saturated rings. The SMILES string of the molecule is O=C(NCC(O)CN1CCC(Cc2ccccc2)CC1)OCc1ccccc1. The van der Waals surface area contributed by atoms with Gasteiger partial charge in [-0.05, 0) is 49.4 Å². The van der Waals surface area contributed by atoms with Crippen molar-refractivity contribution in [2.45, 2.75) is 32.0 Å². The van der Waals surface area contributed by atoms with Gasteiger partial charge in [-0.1, -0.05) is 60.7 Å². The Labute approximate surface area is 167 Å². The fourth-order valence-corrected chi connectivity index (χ4v) is 3.66. The van der Waals surface area contributed by atoms with E-state index in [0.717, 1.165) is 37.9 Å². The highest BCUT2D eigenvalue weighted by molar-refractivity contribution is 5.67. The molecule has 3 rings (SSSR count). The van der Waals surface area contributed by atoms with E-state index < -0.39 is 12.2 Å². The van der Waals surface area contributed by atoms with E-state index in [0.29, 0.717) is 12.5 Å². The minimum atomic E-state index is -0.588. The first kappa shape index (κ1) is 20.4. The van der Waals surface area contributed by atoms with Gasteiger partial charge >= 0.3 is 6.09 Å². The Morgan fingerprint density at radius 2 is 1.64 bits per heavy atom. The molecule has 28 heavy (non-hydrogen) atoms. The summed E-state index contributed by atoms with van der Waals surface area (Å²) in [5.74, 6) is 0.710. The van der Waals surface area contributed by atoms with E-state index in [4.69, 9.17) is 4.74 Å². The second-order valence-electron chi connectivity index (χ2n) is 7.53. The molecule has 0 aliphatic carbocycles. The molecule has 0 saturated carbocycles. The van der Waals surface area contributed by atoms with Crippen LogP contribution in [0, 0.1) is 5.92 Å². The molecule has 2 N–H and O–H groups in total. The molecule has 1 heterocycles. The monoisotopic (exact) mass is 382 g/mol. The minimum Gasteiger partial charge on any atom is -0.445 e. The van der Waals surface area contributed by atoms with Gasteiger partial charge in [0, 0.05) is 13.1 Å². The third-order valence-electron chi connectivity index (χ3n) is 5.24. The van der Waals surface area contributed by atoms with Gasteiger partial charge in [0.05, 0.1) is 6.10 Å². The molecule has 1 atom stereocenters. The zero-order valence-corrected chi connectivity index (χ0v) is 16.3. The Morgan fingerprint density at radius 1 is 1.04 bits per heavy atom. The number of β-amino-alcohol motifs (C(OH)–C–C–N with tert-alkyl or cyclic N) is 1. The lowest BCUT2D eigenvalue weighted by molar-refractivity contribution is 0.0837. The maximum Gasteiger partial charge on any atom is 0.407 e. The van der Waals surface area contributed by atoms with Crippen LogP contribution in [0.3, 0.4) is 0 Å². The van der Waals surface area contributed by atoms with Crippen LogP contribution in [0.15, 0.2) is 60.7 Å². The fourth-order valence-electron chi connectivity index (χ4n) is 3.66. The fraction of sp³-hybridized carbons (Fsp3) is 0.435. The molecule has 0 radical (unpaired) electrons. The summed E-state index contributed by atoms with van der Waals surface area (Å²) in [6.45, 7) is 3.01. The zero-order valence-electron chi connectivity index (χ0n) is 16.3. The number of carbonyl (C=O) groups is 1. The van der Waals surface area contributed by atoms with E-state index in [-0.39, 0.29) is 13.2 Å². The van der Waals surface area contributed by atoms with Crippen LogP contribution in [0.2, 0.25) is 0 Å². The number of aliphatic hydroxyl groups excluding tert-OH is 1. The lowest BCUT2D eigenvalue weighted by Crippen LogP contribution is -2.43. The smallest absolute Gasteiger partial charge is 0.407 e. The van der Waals surface area contributed by atoms with Gasteiger partial charge in [-0.15, -0.1) is 0 Å². The molecule has 5 heteroatoms. The standard InChI is InChI=1S/C23H30N2O3/c26-22(16-24-23(27)28-18-21-9-5-2-6-10-21)17-25-13-11-20(12-14-25)15-19-7-3-1-4-8-19/h1-10,20,22,26H,11-18H2,(H,24,27). The first-order chi connectivity index (χ1) is 13.7. The van der Waals surface area contributed by atoms with Crippen molar-refractivity contribution in [3.8, 4) is 0 Å². The van der Waals surface area contributed by atoms with Crippen LogP contribution < -0.4 is 5.32 Å². The number of hydrogen-bond acceptors (Lipinski definition) is 4. The van der Waals surface area contributed by atoms with Crippen LogP contribution in [0.1, 0.15) is 24.0 Å². The molecule has 1 aliphatic heterocycles. The van der Waals surface area contributed by atoms with Crippen LogP contribution >= 0.6 is 0 Å². The maximum atomic E-state index is 11.8. The number of likely N-dealkylation sites (tertiary alicyclic amines) is 1. The van der Waals surface area contributed by atoms with Crippen molar-refractivity contribution < 1.29 is 14.6 Å². The highest BCUT2D eigenvalue weighted by Gasteiger charge is 2.21. The summed E-state index contributed by atoms with van der Waals surface area (Å²) in [4.78, 5) is 14.1. The third kappa shape index (κ3) is 6.98. The molecule has 1 unspecified atom stereocenters. The number of ether oxygens (including phenoxy) is 1. The number of rotatable bonds is 8. The molecular formula is C23H30N2O3. The van der Waals surface area contributed by atoms with Gasteiger partial charge in [0.15, 0.2) is 0 Å². The predicted octanol–water partition coefficient (Wildman–Crippen LogP) is 3.23. The molecule has 2 aromatic carbocycles. The molecule has 150 valence electrons. The third-order valence-corrected chi connectivity index (χ3v) is 5.24. The highest BCUT2D eigenvalue weighted by atomic mass is 16.5. The Bertz CT molecular complexity index is 700. The Morgan fingerprint density at radius 3 is 2.29 bits per heavy atom. The van der Waals surface area contributed by atoms with E-state index >= 15 is 0 Å². The number of hydrogen-bond donors (Lipinski definition) is 2. The van der Waals surface area contributed by atoms with Crippen LogP contribution in [0.5, 0.6) is 0 Å². The number of piperidine rings is 1. The van der Waals surface area contributed by atoms with E-state index in [2.05, 4.69) is 40.5 Å². The van der Waals surface area contributed by atoms with Gasteiger partial charge in [-0.3, -0.25) is 0 Å². The number of carbonyl (C=O) groups excluding carboxylic acids is 1. The number of amides is 1. The van der Waals surface area contributed by atoms with Crippen LogP contribution in [-0.2, 0) is 17.8 Å². The number of nitrogens with one attached hydrogen (secondary N) is 1. The number of nitrogens with zero attached hydrogens (tertiary/aromatic N) is 1. The lowest BCUT2D eigenvalue weighted by Gasteiger charge is -2.33. The summed E-state index contributed by atoms with van der Waals surface area (Å²) in [6.07, 6.45) is 2.34. The summed E-state index contributed by atoms with van der Waals surface area (Å²) < 4.78 is 5.16. The van der Waals surface area contributed by atoms with Crippen molar-refractivity contribution in [2.75, 3.05) is 26.2 Å². The molecule has 0 bridgehead atoms. The molecule has 0 spiro atoms. The van der Waals surface area contributed by atoms with Crippen molar-refractivity contribution in [1.29, 1.82) is 0 Å². The van der Waals surface area contributed by atoms with Crippen molar-refractivity contribution in [3.05, 3.63) is 71.8 Å². The van der Waals surface area contributed by atoms with E-state index in [1.165, 1.54) is 5.56 Å². The Hall–Kier alpha value is -2.37. The first-order valence-electron chi connectivity index (χ1n) is 10.1. The molecule has 1 saturated heterocycles. The van der Waals surface area contributed by atoms with Gasteiger partial charge in [-0.2, -0.15) is 0 Å². The minimum absolute atomic E-state index is 0.206. The van der Waals surface area contributed by atoms with E-state index in [1.54, 1.807) is 0 Å². The van der Waals surface area contributed by atoms with Crippen molar-refractivity contribution in [3.63, 3.8) is 0 Å². The maximum absolute atomic E-state index is 11.8. The van der Waals surface area contributed by atoms with E-state index in [9.17, 15) is 9.90 Å². The molecule has 0 aromatic heterocycles. The zero-order chi connectivity index (χ0) is 19.6. The Balaban J connectivity index is 1.29. The van der Waals surface area contributed by atoms with Crippen LogP contribution in [-0.4, -0.2) is 48.4 Å². The summed E-state index contributed by atoms with van der Waals surface area (Å²) in [6, 6.07) is 20.2. The molecule has 1 amide bonds. The van der Waals surface area contributed by atoms with Crippen LogP contribution in [0.25, 0.3) is 0 Å². The summed E-state index contributed by atoms with van der Waals surface area (Å²) in [7, 11) is 0. The van der Waals surface area contributed by atoms with Gasteiger partial charge in [-0.25, -0.2) is 4.79 Å². The lowest BCUT2D eigenvalue weighted by atomic mass is 9.90. The highest BCUT2D eigenvalue weighted by Crippen LogP contribution is 2.21. The van der Waals surface area contributed by atoms with Crippen molar-refractivity contribution in [2.24, 2.45) is 5.92 Å². The van der Waals surface area contributed by atoms with Gasteiger partial charge in [0.1, 0.15) is 6.61 Å². The molecule has 5 nitrogen and oxygen atoms in total. The number of benzene rings is 2. The Kier molecular flexibility index (Phi) is 7.88. The summed E-state index contributed by atoms with van der Waals surface area (Å²) >= 11 is 0. The van der Waals surface area contributed by atoms with Crippen molar-refractivity contribution >= 4 is 6.09 Å². The predicted molar refractivity (Wildman–Crippen MR) is 110 cm³/mol. The van der Waals surface area contributed by atoms with Gasteiger partial charge in [0.25, 0.3) is 0 Å². The summed E-state index contributed by atoms with van der Waals surface area (Å²) in [5, 5.41) is 12.9. The molecular weight excluding hydrogens is 352 g/mol. The quantitative estimate of drug-likeness (QED) is 0.736. The number of alkyl carbamates (subject to hydrolysis) is 1. The normalized spacial score (nSPS) is 16.5. The largest absolute Gasteiger partial charge is 0.445 e. The molecule has 2 aromatic rings. The van der Waals surface area contributed by atoms with Gasteiger partial charge < -0.3 is 20.1 Å². The first-order valence-corrected chi connectivity index (χ1v) is 10.1. The number of aliphatic hydroxyl groups is 1.